The van der Waals surface area contributed by atoms with E-state index in [1.165, 1.54) is 0 Å². The number of amides is 1. The van der Waals surface area contributed by atoms with E-state index in [0.717, 1.165) is 24.8 Å². The predicted molar refractivity (Wildman–Crippen MR) is 55.8 cm³/mol. The fourth-order valence-corrected chi connectivity index (χ4v) is 2.50. The Morgan fingerprint density at radius 3 is 2.60 bits per heavy atom. The number of rotatable bonds is 2. The Hall–Kier alpha value is -1.64. The summed E-state index contributed by atoms with van der Waals surface area (Å²) in [6.45, 7) is 0. The maximum Gasteiger partial charge on any atom is 0.230 e. The summed E-state index contributed by atoms with van der Waals surface area (Å²) in [5.41, 5.74) is 1.39. The van der Waals surface area contributed by atoms with E-state index in [-0.39, 0.29) is 11.8 Å². The van der Waals surface area contributed by atoms with Crippen LogP contribution in [0.2, 0.25) is 0 Å². The van der Waals surface area contributed by atoms with Crippen LogP contribution in [-0.4, -0.2) is 18.2 Å². The number of carbonyl (C=O) groups is 2. The highest BCUT2D eigenvalue weighted by atomic mass is 16.2. The predicted octanol–water partition coefficient (Wildman–Crippen LogP) is 1.62. The maximum atomic E-state index is 11.8. The minimum Gasteiger partial charge on any atom is -0.308 e. The van der Waals surface area contributed by atoms with Crippen molar-refractivity contribution in [2.45, 2.75) is 18.9 Å². The second kappa shape index (κ2) is 2.92. The molecule has 76 valence electrons. The molecule has 3 fully saturated rings. The van der Waals surface area contributed by atoms with Gasteiger partial charge in [0, 0.05) is 17.5 Å². The van der Waals surface area contributed by atoms with E-state index in [4.69, 9.17) is 0 Å². The number of aldehydes is 1. The van der Waals surface area contributed by atoms with Gasteiger partial charge in [-0.3, -0.25) is 9.59 Å². The first-order chi connectivity index (χ1) is 7.31. The van der Waals surface area contributed by atoms with Gasteiger partial charge in [-0.05, 0) is 25.0 Å². The van der Waals surface area contributed by atoms with Gasteiger partial charge in [0.1, 0.15) is 0 Å². The van der Waals surface area contributed by atoms with E-state index in [1.807, 2.05) is 18.2 Å². The van der Waals surface area contributed by atoms with Crippen molar-refractivity contribution in [3.05, 3.63) is 29.8 Å². The number of para-hydroxylation sites is 1. The molecule has 2 saturated heterocycles. The molecule has 0 spiro atoms. The minimum atomic E-state index is 0.189. The fraction of sp³-hybridized carbons (Fsp3) is 0.333. The van der Waals surface area contributed by atoms with Crippen LogP contribution in [-0.2, 0) is 4.79 Å². The lowest BCUT2D eigenvalue weighted by atomic mass is 9.86. The molecule has 4 rings (SSSR count). The van der Waals surface area contributed by atoms with E-state index in [2.05, 4.69) is 0 Å². The van der Waals surface area contributed by atoms with Crippen molar-refractivity contribution in [1.82, 2.24) is 0 Å². The quantitative estimate of drug-likeness (QED) is 0.682. The smallest absolute Gasteiger partial charge is 0.230 e. The number of fused-ring (bicyclic) bond motifs is 1. The van der Waals surface area contributed by atoms with Gasteiger partial charge < -0.3 is 4.90 Å². The standard InChI is InChI=1S/C12H11NO2/c14-7-8-3-1-2-4-11(8)13-10-5-9(6-10)12(13)15/h1-4,7,9-10H,5-6H2. The summed E-state index contributed by atoms with van der Waals surface area (Å²) in [6, 6.07) is 7.63. The van der Waals surface area contributed by atoms with E-state index < -0.39 is 0 Å². The summed E-state index contributed by atoms with van der Waals surface area (Å²) in [6.07, 6.45) is 2.75. The number of hydrogen-bond donors (Lipinski definition) is 0. The first-order valence-corrected chi connectivity index (χ1v) is 5.18. The van der Waals surface area contributed by atoms with Crippen LogP contribution in [0, 0.1) is 5.92 Å². The number of benzene rings is 1. The fourth-order valence-electron chi connectivity index (χ4n) is 2.50. The van der Waals surface area contributed by atoms with Crippen molar-refractivity contribution in [3.8, 4) is 0 Å². The molecule has 1 amide bonds. The van der Waals surface area contributed by atoms with Crippen LogP contribution in [0.15, 0.2) is 24.3 Å². The van der Waals surface area contributed by atoms with E-state index in [0.29, 0.717) is 11.6 Å². The van der Waals surface area contributed by atoms with Crippen LogP contribution < -0.4 is 4.90 Å². The molecule has 2 aliphatic heterocycles. The van der Waals surface area contributed by atoms with Gasteiger partial charge in [0.05, 0.1) is 5.69 Å². The van der Waals surface area contributed by atoms with Gasteiger partial charge in [0.15, 0.2) is 6.29 Å². The van der Waals surface area contributed by atoms with E-state index >= 15 is 0 Å². The number of anilines is 1. The summed E-state index contributed by atoms with van der Waals surface area (Å²) < 4.78 is 0. The van der Waals surface area contributed by atoms with Gasteiger partial charge in [-0.1, -0.05) is 12.1 Å². The third-order valence-corrected chi connectivity index (χ3v) is 3.39. The van der Waals surface area contributed by atoms with Gasteiger partial charge in [0.2, 0.25) is 5.91 Å². The molecular formula is C12H11NO2. The topological polar surface area (TPSA) is 37.4 Å². The van der Waals surface area contributed by atoms with Crippen molar-refractivity contribution in [1.29, 1.82) is 0 Å². The molecule has 0 unspecified atom stereocenters. The normalized spacial score (nSPS) is 27.7. The molecule has 0 atom stereocenters. The third kappa shape index (κ3) is 1.06. The van der Waals surface area contributed by atoms with Gasteiger partial charge in [-0.15, -0.1) is 0 Å². The molecule has 0 aromatic heterocycles. The summed E-state index contributed by atoms with van der Waals surface area (Å²) in [5, 5.41) is 0. The van der Waals surface area contributed by atoms with Gasteiger partial charge in [0.25, 0.3) is 0 Å². The second-order valence-corrected chi connectivity index (χ2v) is 4.21. The molecule has 1 aromatic rings. The first kappa shape index (κ1) is 8.65. The molecule has 1 aliphatic carbocycles. The molecule has 0 radical (unpaired) electrons. The van der Waals surface area contributed by atoms with Gasteiger partial charge in [-0.25, -0.2) is 0 Å². The van der Waals surface area contributed by atoms with Crippen molar-refractivity contribution in [3.63, 3.8) is 0 Å². The number of carbonyl (C=O) groups excluding carboxylic acids is 2. The largest absolute Gasteiger partial charge is 0.308 e. The van der Waals surface area contributed by atoms with Gasteiger partial charge in [-0.2, -0.15) is 0 Å². The lowest BCUT2D eigenvalue weighted by molar-refractivity contribution is -0.119. The number of nitrogens with zero attached hydrogens (tertiary/aromatic N) is 1. The van der Waals surface area contributed by atoms with Gasteiger partial charge >= 0.3 is 0 Å². The lowest BCUT2D eigenvalue weighted by Crippen LogP contribution is -2.30. The Bertz CT molecular complexity index is 435. The average Bonchev–Trinajstić information content (AvgIpc) is 2.68. The van der Waals surface area contributed by atoms with Crippen LogP contribution in [0.25, 0.3) is 0 Å². The molecule has 3 nitrogen and oxygen atoms in total. The Balaban J connectivity index is 2.05. The molecule has 3 aliphatic rings. The van der Waals surface area contributed by atoms with E-state index in [9.17, 15) is 9.59 Å². The van der Waals surface area contributed by atoms with Crippen LogP contribution in [0.5, 0.6) is 0 Å². The maximum absolute atomic E-state index is 11.8. The summed E-state index contributed by atoms with van der Waals surface area (Å²) in [5.74, 6) is 0.406. The minimum absolute atomic E-state index is 0.189. The van der Waals surface area contributed by atoms with Crippen LogP contribution >= 0.6 is 0 Å². The summed E-state index contributed by atoms with van der Waals surface area (Å²) >= 11 is 0. The Morgan fingerprint density at radius 1 is 1.27 bits per heavy atom. The summed E-state index contributed by atoms with van der Waals surface area (Å²) in [7, 11) is 0. The lowest BCUT2D eigenvalue weighted by Gasteiger charge is -2.25. The highest BCUT2D eigenvalue weighted by Gasteiger charge is 2.50. The molecule has 1 aromatic carbocycles. The Kier molecular flexibility index (Phi) is 1.69. The SMILES string of the molecule is O=Cc1ccccc1N1C(=O)C2CC1C2. The molecule has 3 heteroatoms. The molecule has 1 saturated carbocycles. The van der Waals surface area contributed by atoms with Crippen LogP contribution in [0.1, 0.15) is 23.2 Å². The third-order valence-electron chi connectivity index (χ3n) is 3.39. The molecule has 2 heterocycles. The van der Waals surface area contributed by atoms with Crippen molar-refractivity contribution in [2.75, 3.05) is 4.90 Å². The van der Waals surface area contributed by atoms with Crippen molar-refractivity contribution < 1.29 is 9.59 Å². The summed E-state index contributed by atoms with van der Waals surface area (Å²) in [4.78, 5) is 24.5. The zero-order chi connectivity index (χ0) is 10.4. The molecule has 15 heavy (non-hydrogen) atoms. The molecule has 0 N–H and O–H groups in total. The Labute approximate surface area is 87.7 Å². The first-order valence-electron chi connectivity index (χ1n) is 5.18. The zero-order valence-electron chi connectivity index (χ0n) is 8.22. The highest BCUT2D eigenvalue weighted by molar-refractivity contribution is 6.04. The monoisotopic (exact) mass is 201 g/mol. The number of hydrogen-bond acceptors (Lipinski definition) is 2. The second-order valence-electron chi connectivity index (χ2n) is 4.21. The Morgan fingerprint density at radius 2 is 2.00 bits per heavy atom. The average molecular weight is 201 g/mol. The van der Waals surface area contributed by atoms with Crippen LogP contribution in [0.4, 0.5) is 5.69 Å². The van der Waals surface area contributed by atoms with Crippen molar-refractivity contribution >= 4 is 17.9 Å². The van der Waals surface area contributed by atoms with E-state index in [1.54, 1.807) is 11.0 Å². The zero-order valence-corrected chi connectivity index (χ0v) is 8.22. The van der Waals surface area contributed by atoms with Crippen molar-refractivity contribution in [2.24, 2.45) is 5.92 Å². The van der Waals surface area contributed by atoms with Crippen LogP contribution in [0.3, 0.4) is 0 Å². The molecular weight excluding hydrogens is 190 g/mol. The highest BCUT2D eigenvalue weighted by Crippen LogP contribution is 2.44. The molecule has 2 bridgehead atoms.